The molecular weight excluding hydrogens is 367 g/mol. The summed E-state index contributed by atoms with van der Waals surface area (Å²) in [6.07, 6.45) is 0.0870. The molecule has 0 unspecified atom stereocenters. The van der Waals surface area contributed by atoms with Gasteiger partial charge in [0.05, 0.1) is 20.8 Å². The number of thiazole rings is 1. The van der Waals surface area contributed by atoms with Crippen molar-refractivity contribution in [2.75, 3.05) is 5.32 Å². The molecular formula is C17H14Cl2N2O2S. The summed E-state index contributed by atoms with van der Waals surface area (Å²) < 4.78 is 6.42. The second-order valence-corrected chi connectivity index (χ2v) is 7.19. The monoisotopic (exact) mass is 380 g/mol. The minimum atomic E-state index is -0.243. The Morgan fingerprint density at radius 3 is 2.54 bits per heavy atom. The smallest absolute Gasteiger partial charge is 0.257 e. The molecule has 0 aliphatic rings. The van der Waals surface area contributed by atoms with Gasteiger partial charge in [0.1, 0.15) is 11.3 Å². The van der Waals surface area contributed by atoms with Gasteiger partial charge in [0.15, 0.2) is 5.13 Å². The molecule has 3 aromatic rings. The van der Waals surface area contributed by atoms with Crippen LogP contribution in [0.4, 0.5) is 5.13 Å². The van der Waals surface area contributed by atoms with Gasteiger partial charge >= 0.3 is 0 Å². The van der Waals surface area contributed by atoms with Crippen LogP contribution < -0.4 is 10.1 Å². The molecule has 1 amide bonds. The second kappa shape index (κ2) is 6.97. The van der Waals surface area contributed by atoms with Crippen LogP contribution in [0.5, 0.6) is 5.75 Å². The fourth-order valence-corrected chi connectivity index (χ4v) is 3.40. The lowest BCUT2D eigenvalue weighted by Crippen LogP contribution is -2.12. The van der Waals surface area contributed by atoms with E-state index in [2.05, 4.69) is 10.3 Å². The number of nitrogens with zero attached hydrogens (tertiary/aromatic N) is 1. The van der Waals surface area contributed by atoms with Crippen LogP contribution in [0.15, 0.2) is 36.4 Å². The molecule has 24 heavy (non-hydrogen) atoms. The average Bonchev–Trinajstić information content (AvgIpc) is 2.94. The normalized spacial score (nSPS) is 11.0. The van der Waals surface area contributed by atoms with E-state index in [1.165, 1.54) is 11.3 Å². The quantitative estimate of drug-likeness (QED) is 0.636. The van der Waals surface area contributed by atoms with Gasteiger partial charge in [-0.15, -0.1) is 0 Å². The fourth-order valence-electron chi connectivity index (χ4n) is 2.12. The molecule has 124 valence electrons. The lowest BCUT2D eigenvalue weighted by atomic mass is 10.2. The number of nitrogens with one attached hydrogen (secondary N) is 1. The van der Waals surface area contributed by atoms with Crippen LogP contribution in [-0.2, 0) is 0 Å². The number of ether oxygens (including phenoxy) is 1. The molecule has 2 aromatic carbocycles. The van der Waals surface area contributed by atoms with Gasteiger partial charge in [0.2, 0.25) is 0 Å². The summed E-state index contributed by atoms with van der Waals surface area (Å²) in [5.74, 6) is 0.482. The minimum Gasteiger partial charge on any atom is -0.491 e. The third-order valence-electron chi connectivity index (χ3n) is 3.16. The van der Waals surface area contributed by atoms with E-state index in [-0.39, 0.29) is 12.0 Å². The van der Waals surface area contributed by atoms with E-state index in [1.54, 1.807) is 30.3 Å². The molecule has 4 nitrogen and oxygen atoms in total. The highest BCUT2D eigenvalue weighted by Crippen LogP contribution is 2.35. The third kappa shape index (κ3) is 3.64. The number of fused-ring (bicyclic) bond motifs is 1. The molecule has 0 saturated carbocycles. The fraction of sp³-hybridized carbons (Fsp3) is 0.176. The summed E-state index contributed by atoms with van der Waals surface area (Å²) >= 11 is 13.5. The first-order chi connectivity index (χ1) is 11.4. The molecule has 1 heterocycles. The van der Waals surface area contributed by atoms with Gasteiger partial charge in [0, 0.05) is 5.56 Å². The Morgan fingerprint density at radius 2 is 1.88 bits per heavy atom. The number of benzene rings is 2. The van der Waals surface area contributed by atoms with Gasteiger partial charge in [-0.2, -0.15) is 0 Å². The zero-order valence-corrected chi connectivity index (χ0v) is 15.3. The van der Waals surface area contributed by atoms with Crippen LogP contribution >= 0.6 is 34.5 Å². The summed E-state index contributed by atoms with van der Waals surface area (Å²) in [5.41, 5.74) is 1.11. The summed E-state index contributed by atoms with van der Waals surface area (Å²) in [7, 11) is 0. The molecule has 1 N–H and O–H groups in total. The minimum absolute atomic E-state index is 0.0870. The van der Waals surface area contributed by atoms with E-state index in [1.807, 2.05) is 19.9 Å². The second-order valence-electron chi connectivity index (χ2n) is 5.37. The number of hydrogen-bond donors (Lipinski definition) is 1. The maximum absolute atomic E-state index is 12.3. The lowest BCUT2D eigenvalue weighted by Gasteiger charge is -2.09. The predicted molar refractivity (Wildman–Crippen MR) is 99.8 cm³/mol. The predicted octanol–water partition coefficient (Wildman–Crippen LogP) is 5.64. The maximum atomic E-state index is 12.3. The number of rotatable bonds is 4. The summed E-state index contributed by atoms with van der Waals surface area (Å²) in [4.78, 5) is 16.7. The van der Waals surface area contributed by atoms with E-state index >= 15 is 0 Å². The molecule has 1 aromatic heterocycles. The highest BCUT2D eigenvalue weighted by atomic mass is 35.5. The Bertz CT molecular complexity index is 891. The van der Waals surface area contributed by atoms with Crippen molar-refractivity contribution < 1.29 is 9.53 Å². The molecule has 0 atom stereocenters. The van der Waals surface area contributed by atoms with Crippen molar-refractivity contribution in [3.8, 4) is 5.75 Å². The molecule has 0 fully saturated rings. The number of carbonyl (C=O) groups is 1. The van der Waals surface area contributed by atoms with Gasteiger partial charge in [-0.1, -0.05) is 34.5 Å². The summed E-state index contributed by atoms with van der Waals surface area (Å²) in [5, 5.41) is 4.08. The molecule has 0 radical (unpaired) electrons. The SMILES string of the molecule is CC(C)Oc1ccc(C(=O)Nc2nc3c(Cl)c(Cl)ccc3s2)cc1. The largest absolute Gasteiger partial charge is 0.491 e. The summed E-state index contributed by atoms with van der Waals surface area (Å²) in [6, 6.07) is 10.5. The highest BCUT2D eigenvalue weighted by molar-refractivity contribution is 7.22. The number of hydrogen-bond acceptors (Lipinski definition) is 4. The van der Waals surface area contributed by atoms with E-state index < -0.39 is 0 Å². The first kappa shape index (κ1) is 17.0. The Morgan fingerprint density at radius 1 is 1.17 bits per heavy atom. The molecule has 0 aliphatic carbocycles. The molecule has 0 aliphatic heterocycles. The van der Waals surface area contributed by atoms with E-state index in [9.17, 15) is 4.79 Å². The zero-order valence-electron chi connectivity index (χ0n) is 13.0. The van der Waals surface area contributed by atoms with Crippen LogP contribution in [0.25, 0.3) is 10.2 Å². The first-order valence-electron chi connectivity index (χ1n) is 7.26. The van der Waals surface area contributed by atoms with Crippen molar-refractivity contribution in [3.63, 3.8) is 0 Å². The van der Waals surface area contributed by atoms with Crippen LogP contribution in [0, 0.1) is 0 Å². The van der Waals surface area contributed by atoms with Gasteiger partial charge in [0.25, 0.3) is 5.91 Å². The summed E-state index contributed by atoms with van der Waals surface area (Å²) in [6.45, 7) is 3.90. The molecule has 0 saturated heterocycles. The Hall–Kier alpha value is -1.82. The molecule has 3 rings (SSSR count). The third-order valence-corrected chi connectivity index (χ3v) is 4.89. The van der Waals surface area contributed by atoms with E-state index in [0.717, 1.165) is 10.4 Å². The number of anilines is 1. The average molecular weight is 381 g/mol. The van der Waals surface area contributed by atoms with Crippen LogP contribution in [0.3, 0.4) is 0 Å². The van der Waals surface area contributed by atoms with Crippen LogP contribution in [-0.4, -0.2) is 17.0 Å². The van der Waals surface area contributed by atoms with E-state index in [4.69, 9.17) is 27.9 Å². The maximum Gasteiger partial charge on any atom is 0.257 e. The van der Waals surface area contributed by atoms with Gasteiger partial charge < -0.3 is 4.74 Å². The van der Waals surface area contributed by atoms with Gasteiger partial charge in [-0.05, 0) is 50.2 Å². The van der Waals surface area contributed by atoms with Crippen molar-refractivity contribution in [1.29, 1.82) is 0 Å². The number of halogens is 2. The van der Waals surface area contributed by atoms with E-state index in [0.29, 0.717) is 26.3 Å². The van der Waals surface area contributed by atoms with Gasteiger partial charge in [-0.3, -0.25) is 10.1 Å². The van der Waals surface area contributed by atoms with Crippen molar-refractivity contribution in [3.05, 3.63) is 52.0 Å². The highest BCUT2D eigenvalue weighted by Gasteiger charge is 2.13. The molecule has 7 heteroatoms. The van der Waals surface area contributed by atoms with Crippen LogP contribution in [0.2, 0.25) is 10.0 Å². The zero-order chi connectivity index (χ0) is 17.3. The van der Waals surface area contributed by atoms with Crippen molar-refractivity contribution in [1.82, 2.24) is 4.98 Å². The number of amides is 1. The number of aromatic nitrogens is 1. The standard InChI is InChI=1S/C17H14Cl2N2O2S/c1-9(2)23-11-5-3-10(4-6-11)16(22)21-17-20-15-13(24-17)8-7-12(18)14(15)19/h3-9H,1-2H3,(H,20,21,22). The Balaban J connectivity index is 1.78. The van der Waals surface area contributed by atoms with Crippen LogP contribution in [0.1, 0.15) is 24.2 Å². The Labute approximate surface area is 153 Å². The molecule has 0 spiro atoms. The van der Waals surface area contributed by atoms with Crippen molar-refractivity contribution in [2.24, 2.45) is 0 Å². The number of carbonyl (C=O) groups excluding carboxylic acids is 1. The van der Waals surface area contributed by atoms with Crippen molar-refractivity contribution in [2.45, 2.75) is 20.0 Å². The lowest BCUT2D eigenvalue weighted by molar-refractivity contribution is 0.102. The van der Waals surface area contributed by atoms with Crippen molar-refractivity contribution >= 4 is 55.8 Å². The molecule has 0 bridgehead atoms. The first-order valence-corrected chi connectivity index (χ1v) is 8.84. The Kier molecular flexibility index (Phi) is 4.94. The van der Waals surface area contributed by atoms with Gasteiger partial charge in [-0.25, -0.2) is 4.98 Å². The topological polar surface area (TPSA) is 51.2 Å².